The predicted octanol–water partition coefficient (Wildman–Crippen LogP) is 2.65. The molecule has 2 N–H and O–H groups in total. The first-order chi connectivity index (χ1) is 7.97. The lowest BCUT2D eigenvalue weighted by molar-refractivity contribution is 0.0737. The van der Waals surface area contributed by atoms with Gasteiger partial charge in [0.05, 0.1) is 6.10 Å². The van der Waals surface area contributed by atoms with E-state index in [1.807, 2.05) is 13.8 Å². The van der Waals surface area contributed by atoms with E-state index in [0.29, 0.717) is 25.0 Å². The smallest absolute Gasteiger partial charge is 0.126 e. The van der Waals surface area contributed by atoms with Crippen LogP contribution in [-0.2, 0) is 11.2 Å². The standard InChI is InChI=1S/C13H19F2NO/c1-9(2)17-4-3-13(16)7-10-5-11(14)8-12(15)6-10/h5-6,8-9,13H,3-4,7,16H2,1-2H3. The minimum Gasteiger partial charge on any atom is -0.379 e. The Bertz CT molecular complexity index is 335. The van der Waals surface area contributed by atoms with E-state index in [-0.39, 0.29) is 12.1 Å². The molecule has 0 aliphatic heterocycles. The Kier molecular flexibility index (Phi) is 5.51. The fraction of sp³-hybridized carbons (Fsp3) is 0.538. The second-order valence-corrected chi connectivity index (χ2v) is 4.45. The summed E-state index contributed by atoms with van der Waals surface area (Å²) in [5, 5.41) is 0. The molecule has 96 valence electrons. The van der Waals surface area contributed by atoms with Gasteiger partial charge in [0.15, 0.2) is 0 Å². The molecule has 0 saturated carbocycles. The molecule has 17 heavy (non-hydrogen) atoms. The van der Waals surface area contributed by atoms with Crippen molar-refractivity contribution in [3.05, 3.63) is 35.4 Å². The van der Waals surface area contributed by atoms with Gasteiger partial charge in [-0.3, -0.25) is 0 Å². The van der Waals surface area contributed by atoms with E-state index >= 15 is 0 Å². The molecule has 4 heteroatoms. The molecule has 0 amide bonds. The molecule has 0 heterocycles. The highest BCUT2D eigenvalue weighted by Crippen LogP contribution is 2.10. The quantitative estimate of drug-likeness (QED) is 0.833. The molecule has 2 nitrogen and oxygen atoms in total. The molecule has 0 fully saturated rings. The summed E-state index contributed by atoms with van der Waals surface area (Å²) < 4.78 is 31.2. The summed E-state index contributed by atoms with van der Waals surface area (Å²) in [5.74, 6) is -1.13. The maximum atomic E-state index is 12.9. The number of hydrogen-bond donors (Lipinski definition) is 1. The van der Waals surface area contributed by atoms with E-state index in [9.17, 15) is 8.78 Å². The minimum absolute atomic E-state index is 0.144. The molecular formula is C13H19F2NO. The monoisotopic (exact) mass is 243 g/mol. The maximum Gasteiger partial charge on any atom is 0.126 e. The summed E-state index contributed by atoms with van der Waals surface area (Å²) in [7, 11) is 0. The van der Waals surface area contributed by atoms with Crippen molar-refractivity contribution < 1.29 is 13.5 Å². The van der Waals surface area contributed by atoms with Crippen LogP contribution in [0, 0.1) is 11.6 Å². The average molecular weight is 243 g/mol. The van der Waals surface area contributed by atoms with Crippen molar-refractivity contribution in [1.29, 1.82) is 0 Å². The lowest BCUT2D eigenvalue weighted by atomic mass is 10.0. The van der Waals surface area contributed by atoms with Crippen LogP contribution in [0.3, 0.4) is 0 Å². The van der Waals surface area contributed by atoms with E-state index in [1.54, 1.807) is 0 Å². The molecule has 0 aliphatic carbocycles. The summed E-state index contributed by atoms with van der Waals surface area (Å²) in [4.78, 5) is 0. The average Bonchev–Trinajstić information content (AvgIpc) is 2.14. The van der Waals surface area contributed by atoms with Gasteiger partial charge in [0.1, 0.15) is 11.6 Å². The Labute approximate surface area is 101 Å². The van der Waals surface area contributed by atoms with Gasteiger partial charge in [-0.15, -0.1) is 0 Å². The molecule has 0 spiro atoms. The first-order valence-electron chi connectivity index (χ1n) is 5.79. The van der Waals surface area contributed by atoms with Crippen LogP contribution in [0.5, 0.6) is 0 Å². The number of halogens is 2. The van der Waals surface area contributed by atoms with Crippen LogP contribution in [0.1, 0.15) is 25.8 Å². The molecular weight excluding hydrogens is 224 g/mol. The molecule has 0 saturated heterocycles. The third kappa shape index (κ3) is 5.75. The van der Waals surface area contributed by atoms with Gasteiger partial charge in [-0.2, -0.15) is 0 Å². The largest absolute Gasteiger partial charge is 0.379 e. The van der Waals surface area contributed by atoms with Crippen molar-refractivity contribution in [2.45, 2.75) is 38.8 Å². The number of rotatable bonds is 6. The predicted molar refractivity (Wildman–Crippen MR) is 63.7 cm³/mol. The second-order valence-electron chi connectivity index (χ2n) is 4.45. The summed E-state index contributed by atoms with van der Waals surface area (Å²) >= 11 is 0. The minimum atomic E-state index is -0.564. The number of ether oxygens (including phenoxy) is 1. The van der Waals surface area contributed by atoms with E-state index in [2.05, 4.69) is 0 Å². The molecule has 1 rings (SSSR count). The first kappa shape index (κ1) is 14.1. The number of benzene rings is 1. The van der Waals surface area contributed by atoms with Gasteiger partial charge in [0.25, 0.3) is 0 Å². The lowest BCUT2D eigenvalue weighted by Gasteiger charge is -2.13. The van der Waals surface area contributed by atoms with Crippen molar-refractivity contribution in [2.75, 3.05) is 6.61 Å². The third-order valence-electron chi connectivity index (χ3n) is 2.36. The van der Waals surface area contributed by atoms with Crippen LogP contribution >= 0.6 is 0 Å². The normalized spacial score (nSPS) is 13.1. The van der Waals surface area contributed by atoms with Gasteiger partial charge in [-0.25, -0.2) is 8.78 Å². The Balaban J connectivity index is 2.42. The van der Waals surface area contributed by atoms with Gasteiger partial charge in [0, 0.05) is 18.7 Å². The summed E-state index contributed by atoms with van der Waals surface area (Å²) in [6.45, 7) is 4.47. The number of hydrogen-bond acceptors (Lipinski definition) is 2. The fourth-order valence-electron chi connectivity index (χ4n) is 1.59. The van der Waals surface area contributed by atoms with Crippen molar-refractivity contribution in [3.8, 4) is 0 Å². The van der Waals surface area contributed by atoms with Crippen LogP contribution in [0.4, 0.5) is 8.78 Å². The third-order valence-corrected chi connectivity index (χ3v) is 2.36. The fourth-order valence-corrected chi connectivity index (χ4v) is 1.59. The molecule has 1 aromatic rings. The van der Waals surface area contributed by atoms with Crippen molar-refractivity contribution in [3.63, 3.8) is 0 Å². The SMILES string of the molecule is CC(C)OCCC(N)Cc1cc(F)cc(F)c1. The van der Waals surface area contributed by atoms with Gasteiger partial charge in [-0.05, 0) is 44.4 Å². The van der Waals surface area contributed by atoms with Crippen LogP contribution in [-0.4, -0.2) is 18.8 Å². The molecule has 1 aromatic carbocycles. The highest BCUT2D eigenvalue weighted by molar-refractivity contribution is 5.18. The zero-order valence-corrected chi connectivity index (χ0v) is 10.2. The van der Waals surface area contributed by atoms with E-state index in [1.165, 1.54) is 12.1 Å². The Morgan fingerprint density at radius 1 is 1.18 bits per heavy atom. The molecule has 0 bridgehead atoms. The first-order valence-corrected chi connectivity index (χ1v) is 5.79. The van der Waals surface area contributed by atoms with Crippen LogP contribution in [0.25, 0.3) is 0 Å². The van der Waals surface area contributed by atoms with Crippen molar-refractivity contribution in [2.24, 2.45) is 5.73 Å². The lowest BCUT2D eigenvalue weighted by Crippen LogP contribution is -2.25. The van der Waals surface area contributed by atoms with E-state index < -0.39 is 11.6 Å². The molecule has 1 unspecified atom stereocenters. The van der Waals surface area contributed by atoms with Crippen LogP contribution in [0.15, 0.2) is 18.2 Å². The Morgan fingerprint density at radius 3 is 2.29 bits per heavy atom. The highest BCUT2D eigenvalue weighted by atomic mass is 19.1. The van der Waals surface area contributed by atoms with Gasteiger partial charge >= 0.3 is 0 Å². The van der Waals surface area contributed by atoms with Crippen molar-refractivity contribution >= 4 is 0 Å². The summed E-state index contributed by atoms with van der Waals surface area (Å²) in [6.07, 6.45) is 1.31. The highest BCUT2D eigenvalue weighted by Gasteiger charge is 2.07. The molecule has 0 aromatic heterocycles. The van der Waals surface area contributed by atoms with Crippen molar-refractivity contribution in [1.82, 2.24) is 0 Å². The zero-order chi connectivity index (χ0) is 12.8. The van der Waals surface area contributed by atoms with E-state index in [4.69, 9.17) is 10.5 Å². The number of nitrogens with two attached hydrogens (primary N) is 1. The van der Waals surface area contributed by atoms with Gasteiger partial charge < -0.3 is 10.5 Å². The second kappa shape index (κ2) is 6.67. The topological polar surface area (TPSA) is 35.2 Å². The summed E-state index contributed by atoms with van der Waals surface area (Å²) in [6, 6.07) is 3.34. The van der Waals surface area contributed by atoms with Crippen LogP contribution < -0.4 is 5.73 Å². The van der Waals surface area contributed by atoms with Gasteiger partial charge in [0.2, 0.25) is 0 Å². The van der Waals surface area contributed by atoms with E-state index in [0.717, 1.165) is 6.07 Å². The summed E-state index contributed by atoms with van der Waals surface area (Å²) in [5.41, 5.74) is 6.45. The molecule has 1 atom stereocenters. The zero-order valence-electron chi connectivity index (χ0n) is 10.2. The Hall–Kier alpha value is -1.00. The Morgan fingerprint density at radius 2 is 1.76 bits per heavy atom. The van der Waals surface area contributed by atoms with Gasteiger partial charge in [-0.1, -0.05) is 0 Å². The molecule has 0 aliphatic rings. The van der Waals surface area contributed by atoms with Crippen LogP contribution in [0.2, 0.25) is 0 Å². The maximum absolute atomic E-state index is 12.9. The molecule has 0 radical (unpaired) electrons.